The molecular weight excluding hydrogens is 286 g/mol. The van der Waals surface area contributed by atoms with E-state index in [9.17, 15) is 10.1 Å². The zero-order valence-corrected chi connectivity index (χ0v) is 14.0. The first-order chi connectivity index (χ1) is 9.99. The number of nitro benzene ring substituents is 1. The monoisotopic (exact) mass is 311 g/mol. The number of benzene rings is 1. The van der Waals surface area contributed by atoms with E-state index in [1.165, 1.54) is 6.07 Å². The molecule has 0 aliphatic carbocycles. The SMILES string of the molecule is CCCC(CS)(CCC)COc1cccc([N+](=O)[O-])c1C. The van der Waals surface area contributed by atoms with E-state index in [2.05, 4.69) is 26.5 Å². The number of thiol groups is 1. The summed E-state index contributed by atoms with van der Waals surface area (Å²) in [6, 6.07) is 4.97. The topological polar surface area (TPSA) is 52.4 Å². The van der Waals surface area contributed by atoms with Gasteiger partial charge in [0.15, 0.2) is 0 Å². The van der Waals surface area contributed by atoms with Crippen molar-refractivity contribution in [2.24, 2.45) is 5.41 Å². The Bertz CT molecular complexity index is 471. The van der Waals surface area contributed by atoms with Crippen molar-refractivity contribution in [3.63, 3.8) is 0 Å². The second-order valence-electron chi connectivity index (χ2n) is 5.60. The summed E-state index contributed by atoms with van der Waals surface area (Å²) in [4.78, 5) is 10.6. The van der Waals surface area contributed by atoms with Crippen molar-refractivity contribution in [3.05, 3.63) is 33.9 Å². The third-order valence-corrected chi connectivity index (χ3v) is 4.55. The van der Waals surface area contributed by atoms with Gasteiger partial charge in [0.25, 0.3) is 5.69 Å². The maximum Gasteiger partial charge on any atom is 0.276 e. The van der Waals surface area contributed by atoms with Gasteiger partial charge in [0.1, 0.15) is 5.75 Å². The fraction of sp³-hybridized carbons (Fsp3) is 0.625. The van der Waals surface area contributed by atoms with Crippen molar-refractivity contribution in [2.45, 2.75) is 46.5 Å². The molecule has 0 aliphatic rings. The first-order valence-corrected chi connectivity index (χ1v) is 8.10. The molecule has 0 atom stereocenters. The van der Waals surface area contributed by atoms with Gasteiger partial charge in [0.2, 0.25) is 0 Å². The maximum atomic E-state index is 11.0. The molecule has 0 bridgehead atoms. The molecule has 0 fully saturated rings. The molecule has 21 heavy (non-hydrogen) atoms. The normalized spacial score (nSPS) is 11.4. The summed E-state index contributed by atoms with van der Waals surface area (Å²) < 4.78 is 5.94. The van der Waals surface area contributed by atoms with Crippen molar-refractivity contribution in [1.82, 2.24) is 0 Å². The van der Waals surface area contributed by atoms with E-state index in [0.717, 1.165) is 31.4 Å². The number of hydrogen-bond donors (Lipinski definition) is 1. The Kier molecular flexibility index (Phi) is 7.02. The van der Waals surface area contributed by atoms with Gasteiger partial charge in [-0.2, -0.15) is 12.6 Å². The lowest BCUT2D eigenvalue weighted by atomic mass is 9.82. The Morgan fingerprint density at radius 2 is 1.90 bits per heavy atom. The predicted octanol–water partition coefficient (Wildman–Crippen LogP) is 4.80. The lowest BCUT2D eigenvalue weighted by molar-refractivity contribution is -0.385. The van der Waals surface area contributed by atoms with Gasteiger partial charge in [0, 0.05) is 11.5 Å². The number of ether oxygens (including phenoxy) is 1. The molecule has 0 radical (unpaired) electrons. The third-order valence-electron chi connectivity index (χ3n) is 3.88. The van der Waals surface area contributed by atoms with Gasteiger partial charge in [-0.1, -0.05) is 32.8 Å². The summed E-state index contributed by atoms with van der Waals surface area (Å²) in [6.07, 6.45) is 4.27. The fourth-order valence-electron chi connectivity index (χ4n) is 2.72. The molecule has 0 unspecified atom stereocenters. The molecule has 118 valence electrons. The summed E-state index contributed by atoms with van der Waals surface area (Å²) in [5.41, 5.74) is 0.738. The highest BCUT2D eigenvalue weighted by molar-refractivity contribution is 7.80. The smallest absolute Gasteiger partial charge is 0.276 e. The molecule has 0 saturated carbocycles. The molecule has 5 heteroatoms. The first kappa shape index (κ1) is 17.8. The van der Waals surface area contributed by atoms with E-state index >= 15 is 0 Å². The van der Waals surface area contributed by atoms with Gasteiger partial charge < -0.3 is 4.74 Å². The molecule has 0 aliphatic heterocycles. The zero-order valence-electron chi connectivity index (χ0n) is 13.1. The molecule has 0 heterocycles. The van der Waals surface area contributed by atoms with Crippen molar-refractivity contribution in [3.8, 4) is 5.75 Å². The lowest BCUT2D eigenvalue weighted by Gasteiger charge is -2.32. The number of nitro groups is 1. The molecule has 1 rings (SSSR count). The van der Waals surface area contributed by atoms with Gasteiger partial charge >= 0.3 is 0 Å². The van der Waals surface area contributed by atoms with Crippen LogP contribution in [0, 0.1) is 22.5 Å². The van der Waals surface area contributed by atoms with Crippen LogP contribution in [0.2, 0.25) is 0 Å². The van der Waals surface area contributed by atoms with E-state index in [1.54, 1.807) is 19.1 Å². The number of nitrogens with zero attached hydrogens (tertiary/aromatic N) is 1. The lowest BCUT2D eigenvalue weighted by Crippen LogP contribution is -2.30. The minimum atomic E-state index is -0.369. The predicted molar refractivity (Wildman–Crippen MR) is 89.4 cm³/mol. The van der Waals surface area contributed by atoms with Crippen LogP contribution in [0.25, 0.3) is 0 Å². The molecule has 0 spiro atoms. The fourth-order valence-corrected chi connectivity index (χ4v) is 3.13. The number of hydrogen-bond acceptors (Lipinski definition) is 4. The van der Waals surface area contributed by atoms with Crippen molar-refractivity contribution < 1.29 is 9.66 Å². The second-order valence-corrected chi connectivity index (χ2v) is 5.92. The zero-order chi connectivity index (χ0) is 15.9. The van der Waals surface area contributed by atoms with Gasteiger partial charge in [-0.25, -0.2) is 0 Å². The Hall–Kier alpha value is -1.23. The molecule has 4 nitrogen and oxygen atoms in total. The Morgan fingerprint density at radius 3 is 2.38 bits per heavy atom. The summed E-state index contributed by atoms with van der Waals surface area (Å²) in [5.74, 6) is 1.37. The van der Waals surface area contributed by atoms with Gasteiger partial charge in [-0.15, -0.1) is 0 Å². The van der Waals surface area contributed by atoms with E-state index in [-0.39, 0.29) is 16.0 Å². The Balaban J connectivity index is 2.90. The van der Waals surface area contributed by atoms with E-state index in [4.69, 9.17) is 4.74 Å². The molecule has 0 amide bonds. The number of rotatable bonds is 9. The average Bonchev–Trinajstić information content (AvgIpc) is 2.46. The molecule has 0 N–H and O–H groups in total. The summed E-state index contributed by atoms with van der Waals surface area (Å²) >= 11 is 4.51. The van der Waals surface area contributed by atoms with E-state index in [0.29, 0.717) is 17.9 Å². The Morgan fingerprint density at radius 1 is 1.29 bits per heavy atom. The van der Waals surface area contributed by atoms with Gasteiger partial charge in [-0.05, 0) is 31.6 Å². The molecule has 1 aromatic rings. The van der Waals surface area contributed by atoms with Crippen molar-refractivity contribution >= 4 is 18.3 Å². The van der Waals surface area contributed by atoms with Gasteiger partial charge in [-0.3, -0.25) is 10.1 Å². The van der Waals surface area contributed by atoms with E-state index in [1.807, 2.05) is 0 Å². The van der Waals surface area contributed by atoms with Crippen LogP contribution in [-0.4, -0.2) is 17.3 Å². The van der Waals surface area contributed by atoms with Crippen LogP contribution in [0.3, 0.4) is 0 Å². The van der Waals surface area contributed by atoms with E-state index < -0.39 is 0 Å². The van der Waals surface area contributed by atoms with Gasteiger partial charge in [0.05, 0.1) is 17.1 Å². The molecule has 1 aromatic carbocycles. The highest BCUT2D eigenvalue weighted by Gasteiger charge is 2.28. The van der Waals surface area contributed by atoms with Crippen molar-refractivity contribution in [1.29, 1.82) is 0 Å². The van der Waals surface area contributed by atoms with Crippen LogP contribution in [-0.2, 0) is 0 Å². The molecule has 0 aromatic heterocycles. The summed E-state index contributed by atoms with van der Waals surface area (Å²) in [6.45, 7) is 6.61. The summed E-state index contributed by atoms with van der Waals surface area (Å²) in [7, 11) is 0. The minimum absolute atomic E-state index is 0.0453. The minimum Gasteiger partial charge on any atom is -0.492 e. The quantitative estimate of drug-likeness (QED) is 0.405. The second kappa shape index (κ2) is 8.27. The van der Waals surface area contributed by atoms with Crippen molar-refractivity contribution in [2.75, 3.05) is 12.4 Å². The third kappa shape index (κ3) is 4.63. The van der Waals surface area contributed by atoms with Crippen LogP contribution in [0.5, 0.6) is 5.75 Å². The highest BCUT2D eigenvalue weighted by atomic mass is 32.1. The Labute approximate surface area is 132 Å². The average molecular weight is 311 g/mol. The van der Waals surface area contributed by atoms with Crippen LogP contribution >= 0.6 is 12.6 Å². The summed E-state index contributed by atoms with van der Waals surface area (Å²) in [5, 5.41) is 11.0. The van der Waals surface area contributed by atoms with Crippen LogP contribution < -0.4 is 4.74 Å². The molecular formula is C16H25NO3S. The van der Waals surface area contributed by atoms with Crippen LogP contribution in [0.1, 0.15) is 45.1 Å². The van der Waals surface area contributed by atoms with Crippen LogP contribution in [0.4, 0.5) is 5.69 Å². The highest BCUT2D eigenvalue weighted by Crippen LogP contribution is 2.34. The first-order valence-electron chi connectivity index (χ1n) is 7.47. The standard InChI is InChI=1S/C16H25NO3S/c1-4-9-16(12-21,10-5-2)11-20-15-8-6-7-14(13(15)3)17(18)19/h6-8,21H,4-5,9-12H2,1-3H3. The largest absolute Gasteiger partial charge is 0.492 e. The maximum absolute atomic E-state index is 11.0. The van der Waals surface area contributed by atoms with Crippen LogP contribution in [0.15, 0.2) is 18.2 Å². The molecule has 0 saturated heterocycles.